The number of alkyl halides is 3. The summed E-state index contributed by atoms with van der Waals surface area (Å²) in [7, 11) is 0. The number of hydrogen-bond donors (Lipinski definition) is 2. The Morgan fingerprint density at radius 3 is 2.83 bits per heavy atom. The van der Waals surface area contributed by atoms with Crippen LogP contribution in [0.2, 0.25) is 0 Å². The van der Waals surface area contributed by atoms with E-state index in [1.807, 2.05) is 0 Å². The highest BCUT2D eigenvalue weighted by Gasteiger charge is 2.43. The number of halogens is 3. The Labute approximate surface area is 101 Å². The smallest absolute Gasteiger partial charge is 0.295 e. The van der Waals surface area contributed by atoms with E-state index in [1.165, 1.54) is 6.33 Å². The molecular formula is C10H13F3N4O. The SMILES string of the molecule is O=C(Nc1ncn[nH]1)[C@@H]1CCC[C@@H](C(F)(F)F)C1. The second-order valence-electron chi connectivity index (χ2n) is 4.43. The monoisotopic (exact) mass is 262 g/mol. The van der Waals surface area contributed by atoms with E-state index in [2.05, 4.69) is 20.5 Å². The number of aromatic nitrogens is 3. The summed E-state index contributed by atoms with van der Waals surface area (Å²) in [5.74, 6) is -2.26. The molecule has 2 rings (SSSR count). The van der Waals surface area contributed by atoms with E-state index in [9.17, 15) is 18.0 Å². The molecule has 8 heteroatoms. The maximum absolute atomic E-state index is 12.6. The molecule has 1 amide bonds. The third-order valence-electron chi connectivity index (χ3n) is 3.16. The minimum Gasteiger partial charge on any atom is -0.295 e. The number of H-pyrrole nitrogens is 1. The van der Waals surface area contributed by atoms with E-state index < -0.39 is 23.9 Å². The van der Waals surface area contributed by atoms with Crippen molar-refractivity contribution in [2.45, 2.75) is 31.9 Å². The molecule has 100 valence electrons. The Bertz CT molecular complexity index is 404. The normalized spacial score (nSPS) is 24.8. The Balaban J connectivity index is 1.94. The summed E-state index contributed by atoms with van der Waals surface area (Å²) in [5.41, 5.74) is 0. The van der Waals surface area contributed by atoms with E-state index >= 15 is 0 Å². The number of carbonyl (C=O) groups excluding carboxylic acids is 1. The van der Waals surface area contributed by atoms with Gasteiger partial charge in [-0.25, -0.2) is 5.10 Å². The van der Waals surface area contributed by atoms with Gasteiger partial charge in [-0.1, -0.05) is 6.42 Å². The first kappa shape index (κ1) is 12.8. The molecule has 1 saturated carbocycles. The lowest BCUT2D eigenvalue weighted by Crippen LogP contribution is -2.34. The lowest BCUT2D eigenvalue weighted by Gasteiger charge is -2.29. The predicted octanol–water partition coefficient (Wildman–Crippen LogP) is 2.11. The van der Waals surface area contributed by atoms with Gasteiger partial charge in [0.05, 0.1) is 5.92 Å². The molecule has 18 heavy (non-hydrogen) atoms. The van der Waals surface area contributed by atoms with Gasteiger partial charge in [0.15, 0.2) is 0 Å². The van der Waals surface area contributed by atoms with Gasteiger partial charge >= 0.3 is 6.18 Å². The maximum Gasteiger partial charge on any atom is 0.391 e. The topological polar surface area (TPSA) is 70.7 Å². The number of amides is 1. The number of nitrogens with zero attached hydrogens (tertiary/aromatic N) is 2. The number of carbonyl (C=O) groups is 1. The summed E-state index contributed by atoms with van der Waals surface area (Å²) in [5, 5.41) is 8.41. The van der Waals surface area contributed by atoms with Gasteiger partial charge in [0.1, 0.15) is 6.33 Å². The van der Waals surface area contributed by atoms with Crippen molar-refractivity contribution < 1.29 is 18.0 Å². The molecular weight excluding hydrogens is 249 g/mol. The fourth-order valence-electron chi connectivity index (χ4n) is 2.21. The summed E-state index contributed by atoms with van der Waals surface area (Å²) in [6, 6.07) is 0. The highest BCUT2D eigenvalue weighted by atomic mass is 19.4. The van der Waals surface area contributed by atoms with Crippen LogP contribution in [0.5, 0.6) is 0 Å². The first-order valence-corrected chi connectivity index (χ1v) is 5.70. The van der Waals surface area contributed by atoms with Crippen LogP contribution in [-0.2, 0) is 4.79 Å². The van der Waals surface area contributed by atoms with Gasteiger partial charge < -0.3 is 0 Å². The van der Waals surface area contributed by atoms with E-state index in [-0.39, 0.29) is 18.8 Å². The minimum atomic E-state index is -4.22. The summed E-state index contributed by atoms with van der Waals surface area (Å²) in [4.78, 5) is 15.5. The van der Waals surface area contributed by atoms with Crippen LogP contribution >= 0.6 is 0 Å². The van der Waals surface area contributed by atoms with Crippen molar-refractivity contribution in [3.8, 4) is 0 Å². The molecule has 0 aliphatic heterocycles. The van der Waals surface area contributed by atoms with Crippen LogP contribution in [-0.4, -0.2) is 27.3 Å². The molecule has 1 heterocycles. The molecule has 5 nitrogen and oxygen atoms in total. The van der Waals surface area contributed by atoms with E-state index in [4.69, 9.17) is 0 Å². The Morgan fingerprint density at radius 2 is 2.22 bits per heavy atom. The minimum absolute atomic E-state index is 0.107. The van der Waals surface area contributed by atoms with Crippen molar-refractivity contribution in [3.63, 3.8) is 0 Å². The van der Waals surface area contributed by atoms with E-state index in [1.54, 1.807) is 0 Å². The zero-order valence-corrected chi connectivity index (χ0v) is 9.50. The average molecular weight is 262 g/mol. The highest BCUT2D eigenvalue weighted by Crippen LogP contribution is 2.40. The standard InChI is InChI=1S/C10H13F3N4O/c11-10(12,13)7-3-1-2-6(4-7)8(18)16-9-14-5-15-17-9/h5-7H,1-4H2,(H2,14,15,16,17,18)/t6-,7-/m1/s1. The van der Waals surface area contributed by atoms with Crippen LogP contribution in [0, 0.1) is 11.8 Å². The fourth-order valence-corrected chi connectivity index (χ4v) is 2.21. The fraction of sp³-hybridized carbons (Fsp3) is 0.700. The van der Waals surface area contributed by atoms with Gasteiger partial charge in [-0.3, -0.25) is 10.1 Å². The second kappa shape index (κ2) is 4.95. The van der Waals surface area contributed by atoms with Crippen LogP contribution < -0.4 is 5.32 Å². The molecule has 1 aromatic rings. The van der Waals surface area contributed by atoms with Crippen LogP contribution in [0.15, 0.2) is 6.33 Å². The summed E-state index contributed by atoms with van der Waals surface area (Å²) in [6.45, 7) is 0. The second-order valence-corrected chi connectivity index (χ2v) is 4.43. The van der Waals surface area contributed by atoms with E-state index in [0.29, 0.717) is 12.8 Å². The number of hydrogen-bond acceptors (Lipinski definition) is 3. The molecule has 0 radical (unpaired) electrons. The van der Waals surface area contributed by atoms with Crippen LogP contribution in [0.25, 0.3) is 0 Å². The van der Waals surface area contributed by atoms with Gasteiger partial charge in [-0.2, -0.15) is 23.3 Å². The first-order chi connectivity index (χ1) is 8.47. The van der Waals surface area contributed by atoms with Gasteiger partial charge in [0, 0.05) is 5.92 Å². The number of anilines is 1. The molecule has 1 fully saturated rings. The molecule has 0 spiro atoms. The summed E-state index contributed by atoms with van der Waals surface area (Å²) >= 11 is 0. The third kappa shape index (κ3) is 2.99. The van der Waals surface area contributed by atoms with Crippen LogP contribution in [0.3, 0.4) is 0 Å². The van der Waals surface area contributed by atoms with Crippen LogP contribution in [0.4, 0.5) is 19.1 Å². The van der Waals surface area contributed by atoms with Crippen molar-refractivity contribution in [1.29, 1.82) is 0 Å². The van der Waals surface area contributed by atoms with Crippen molar-refractivity contribution in [1.82, 2.24) is 15.2 Å². The number of aromatic amines is 1. The van der Waals surface area contributed by atoms with E-state index in [0.717, 1.165) is 0 Å². The molecule has 0 unspecified atom stereocenters. The van der Waals surface area contributed by atoms with Crippen molar-refractivity contribution >= 4 is 11.9 Å². The molecule has 2 atom stereocenters. The molecule has 0 saturated heterocycles. The van der Waals surface area contributed by atoms with Crippen molar-refractivity contribution in [2.24, 2.45) is 11.8 Å². The maximum atomic E-state index is 12.6. The predicted molar refractivity (Wildman–Crippen MR) is 56.5 cm³/mol. The van der Waals surface area contributed by atoms with Crippen molar-refractivity contribution in [2.75, 3.05) is 5.32 Å². The van der Waals surface area contributed by atoms with Gasteiger partial charge in [0.2, 0.25) is 11.9 Å². The Morgan fingerprint density at radius 1 is 1.44 bits per heavy atom. The zero-order chi connectivity index (χ0) is 13.2. The summed E-state index contributed by atoms with van der Waals surface area (Å²) in [6.07, 6.45) is -2.15. The number of rotatable bonds is 2. The molecule has 0 aromatic carbocycles. The van der Waals surface area contributed by atoms with Crippen LogP contribution in [0.1, 0.15) is 25.7 Å². The molecule has 2 N–H and O–H groups in total. The first-order valence-electron chi connectivity index (χ1n) is 5.70. The third-order valence-corrected chi connectivity index (χ3v) is 3.16. The Hall–Kier alpha value is -1.60. The Kier molecular flexibility index (Phi) is 3.53. The molecule has 1 aliphatic rings. The highest BCUT2D eigenvalue weighted by molar-refractivity contribution is 5.90. The largest absolute Gasteiger partial charge is 0.391 e. The zero-order valence-electron chi connectivity index (χ0n) is 9.50. The summed E-state index contributed by atoms with van der Waals surface area (Å²) < 4.78 is 37.8. The molecule has 0 bridgehead atoms. The molecule has 1 aliphatic carbocycles. The lowest BCUT2D eigenvalue weighted by molar-refractivity contribution is -0.185. The van der Waals surface area contributed by atoms with Gasteiger partial charge in [0.25, 0.3) is 0 Å². The van der Waals surface area contributed by atoms with Gasteiger partial charge in [-0.05, 0) is 19.3 Å². The lowest BCUT2D eigenvalue weighted by atomic mass is 9.80. The average Bonchev–Trinajstić information content (AvgIpc) is 2.81. The number of nitrogens with one attached hydrogen (secondary N) is 2. The van der Waals surface area contributed by atoms with Crippen molar-refractivity contribution in [3.05, 3.63) is 6.33 Å². The quantitative estimate of drug-likeness (QED) is 0.857. The van der Waals surface area contributed by atoms with Gasteiger partial charge in [-0.15, -0.1) is 0 Å². The molecule has 1 aromatic heterocycles.